The van der Waals surface area contributed by atoms with Crippen LogP contribution in [-0.4, -0.2) is 64.0 Å². The Hall–Kier alpha value is -3.23. The second-order valence-electron chi connectivity index (χ2n) is 12.8. The summed E-state index contributed by atoms with van der Waals surface area (Å²) in [5, 5.41) is 2.87. The molecule has 9 heteroatoms. The third-order valence-corrected chi connectivity index (χ3v) is 8.86. The number of aromatic nitrogens is 2. The molecule has 3 aliphatic rings. The maximum Gasteiger partial charge on any atom is 0.408 e. The van der Waals surface area contributed by atoms with Gasteiger partial charge in [-0.1, -0.05) is 52.7 Å². The van der Waals surface area contributed by atoms with Gasteiger partial charge in [-0.25, -0.2) is 14.8 Å². The number of nitrogens with one attached hydrogen (secondary N) is 1. The number of aryl methyl sites for hydroxylation is 1. The lowest BCUT2D eigenvalue weighted by atomic mass is 9.85. The molecule has 3 heterocycles. The summed E-state index contributed by atoms with van der Waals surface area (Å²) in [6, 6.07) is 6.20. The van der Waals surface area contributed by atoms with Crippen molar-refractivity contribution in [3.8, 4) is 5.88 Å². The molecular weight excluding hydrogens is 508 g/mol. The van der Waals surface area contributed by atoms with Crippen molar-refractivity contribution in [3.63, 3.8) is 0 Å². The first-order valence-corrected chi connectivity index (χ1v) is 14.8. The Morgan fingerprint density at radius 3 is 2.40 bits per heavy atom. The van der Waals surface area contributed by atoms with Gasteiger partial charge in [-0.2, -0.15) is 0 Å². The number of carbonyl (C=O) groups is 3. The van der Waals surface area contributed by atoms with Gasteiger partial charge in [-0.3, -0.25) is 4.79 Å². The molecule has 6 atom stereocenters. The normalized spacial score (nSPS) is 30.4. The molecular formula is C31H42N4O5. The van der Waals surface area contributed by atoms with E-state index in [2.05, 4.69) is 5.32 Å². The molecule has 0 spiro atoms. The lowest BCUT2D eigenvalue weighted by Gasteiger charge is -2.35. The fourth-order valence-corrected chi connectivity index (χ4v) is 6.45. The monoisotopic (exact) mass is 550 g/mol. The summed E-state index contributed by atoms with van der Waals surface area (Å²) in [6.07, 6.45) is 7.33. The minimum Gasteiger partial charge on any atom is -0.471 e. The van der Waals surface area contributed by atoms with Gasteiger partial charge < -0.3 is 24.5 Å². The largest absolute Gasteiger partial charge is 0.471 e. The number of aldehydes is 1. The number of rotatable bonds is 1. The first-order chi connectivity index (χ1) is 19.2. The van der Waals surface area contributed by atoms with Crippen LogP contribution in [-0.2, 0) is 20.7 Å². The number of para-hydroxylation sites is 2. The predicted molar refractivity (Wildman–Crippen MR) is 151 cm³/mol. The number of nitrogens with zero attached hydrogens (tertiary/aromatic N) is 3. The third kappa shape index (κ3) is 5.93. The van der Waals surface area contributed by atoms with E-state index in [4.69, 9.17) is 19.4 Å². The smallest absolute Gasteiger partial charge is 0.408 e. The van der Waals surface area contributed by atoms with Gasteiger partial charge in [0.15, 0.2) is 0 Å². The van der Waals surface area contributed by atoms with Crippen LogP contribution in [0, 0.1) is 17.3 Å². The number of ether oxygens (including phenoxy) is 2. The van der Waals surface area contributed by atoms with Crippen LogP contribution in [0.1, 0.15) is 78.3 Å². The van der Waals surface area contributed by atoms with Gasteiger partial charge in [0.05, 0.1) is 23.6 Å². The summed E-state index contributed by atoms with van der Waals surface area (Å²) in [5.74, 6) is 0.220. The molecule has 1 aromatic carbocycles. The number of amides is 2. The van der Waals surface area contributed by atoms with Crippen molar-refractivity contribution < 1.29 is 23.9 Å². The average molecular weight is 551 g/mol. The molecule has 9 nitrogen and oxygen atoms in total. The van der Waals surface area contributed by atoms with Gasteiger partial charge in [-0.15, -0.1) is 0 Å². The minimum atomic E-state index is -0.858. The standard InChI is InChI=1S/C31H42N4O5/c1-19-24(18-36)35-17-26(19)39-28-23(32-21-13-8-9-14-22(21)33-28)15-7-5-6-11-20-12-10-16-25(20)40-30(38)34-27(29(35)37)31(2,3)4/h8-9,13-14,18-20,24-27H,5-7,10-12,15-17H2,1-4H3,(H,34,38)/t19-,20+,24+,25+,26-,27+/m0/s1. The molecule has 2 fully saturated rings. The molecule has 2 amide bonds. The van der Waals surface area contributed by atoms with Gasteiger partial charge in [0.25, 0.3) is 0 Å². The van der Waals surface area contributed by atoms with Crippen molar-refractivity contribution in [1.29, 1.82) is 0 Å². The lowest BCUT2D eigenvalue weighted by Crippen LogP contribution is -2.56. The molecule has 2 aliphatic heterocycles. The Morgan fingerprint density at radius 2 is 1.68 bits per heavy atom. The Labute approximate surface area is 236 Å². The van der Waals surface area contributed by atoms with Crippen LogP contribution in [0.3, 0.4) is 0 Å². The number of alkyl carbamates (subject to hydrolysis) is 1. The van der Waals surface area contributed by atoms with Crippen molar-refractivity contribution >= 4 is 29.3 Å². The van der Waals surface area contributed by atoms with Crippen molar-refractivity contribution in [1.82, 2.24) is 20.2 Å². The first kappa shape index (κ1) is 28.3. The Morgan fingerprint density at radius 1 is 0.950 bits per heavy atom. The van der Waals surface area contributed by atoms with Gasteiger partial charge in [0.2, 0.25) is 11.8 Å². The van der Waals surface area contributed by atoms with Crippen LogP contribution in [0.5, 0.6) is 5.88 Å². The van der Waals surface area contributed by atoms with Gasteiger partial charge >= 0.3 is 6.09 Å². The van der Waals surface area contributed by atoms with Crippen LogP contribution >= 0.6 is 0 Å². The minimum absolute atomic E-state index is 0.139. The van der Waals surface area contributed by atoms with E-state index in [1.807, 2.05) is 52.0 Å². The molecule has 216 valence electrons. The Kier molecular flexibility index (Phi) is 8.29. The second-order valence-corrected chi connectivity index (χ2v) is 12.8. The first-order valence-electron chi connectivity index (χ1n) is 14.8. The molecule has 5 rings (SSSR count). The van der Waals surface area contributed by atoms with Crippen molar-refractivity contribution in [3.05, 3.63) is 30.0 Å². The highest BCUT2D eigenvalue weighted by Gasteiger charge is 2.47. The highest BCUT2D eigenvalue weighted by atomic mass is 16.6. The van der Waals surface area contributed by atoms with Crippen LogP contribution in [0.4, 0.5) is 4.79 Å². The summed E-state index contributed by atoms with van der Waals surface area (Å²) in [5.41, 5.74) is 1.78. The maximum absolute atomic E-state index is 14.0. The van der Waals surface area contributed by atoms with Gasteiger partial charge in [0, 0.05) is 5.92 Å². The van der Waals surface area contributed by atoms with E-state index in [9.17, 15) is 14.4 Å². The van der Waals surface area contributed by atoms with E-state index in [-0.39, 0.29) is 24.5 Å². The van der Waals surface area contributed by atoms with E-state index >= 15 is 0 Å². The molecule has 1 aliphatic carbocycles. The molecule has 0 radical (unpaired) electrons. The van der Waals surface area contributed by atoms with Crippen LogP contribution in [0.2, 0.25) is 0 Å². The van der Waals surface area contributed by atoms with E-state index in [1.54, 1.807) is 4.90 Å². The second kappa shape index (κ2) is 11.7. The molecule has 1 N–H and O–H groups in total. The fraction of sp³-hybridized carbons (Fsp3) is 0.645. The lowest BCUT2D eigenvalue weighted by molar-refractivity contribution is -0.139. The zero-order valence-electron chi connectivity index (χ0n) is 24.1. The molecule has 2 bridgehead atoms. The zero-order valence-corrected chi connectivity index (χ0v) is 24.1. The summed E-state index contributed by atoms with van der Waals surface area (Å²) in [7, 11) is 0. The van der Waals surface area contributed by atoms with Crippen LogP contribution < -0.4 is 10.1 Å². The SMILES string of the molecule is C[C@@H]1[C@@H]2CN(C(=O)[C@H](C(C)(C)C)NC(=O)O[C@@H]3CCC[C@H]3CCCCCc3nc4ccccc4nc3O2)[C@@H]1C=O. The molecule has 2 aromatic rings. The number of carbonyl (C=O) groups excluding carboxylic acids is 3. The topological polar surface area (TPSA) is 111 Å². The molecule has 1 saturated carbocycles. The van der Waals surface area contributed by atoms with Gasteiger partial charge in [-0.05, 0) is 62.0 Å². The van der Waals surface area contributed by atoms with Gasteiger partial charge in [0.1, 0.15) is 30.2 Å². The van der Waals surface area contributed by atoms with Crippen LogP contribution in [0.15, 0.2) is 24.3 Å². The molecule has 40 heavy (non-hydrogen) atoms. The highest BCUT2D eigenvalue weighted by molar-refractivity contribution is 5.89. The van der Waals surface area contributed by atoms with E-state index in [0.29, 0.717) is 11.8 Å². The van der Waals surface area contributed by atoms with E-state index in [0.717, 1.165) is 74.4 Å². The third-order valence-electron chi connectivity index (χ3n) is 8.86. The number of benzene rings is 1. The number of hydrogen-bond donors (Lipinski definition) is 1. The zero-order chi connectivity index (χ0) is 28.4. The molecule has 1 saturated heterocycles. The summed E-state index contributed by atoms with van der Waals surface area (Å²) in [6.45, 7) is 7.84. The molecule has 0 unspecified atom stereocenters. The van der Waals surface area contributed by atoms with E-state index < -0.39 is 29.7 Å². The fourth-order valence-electron chi connectivity index (χ4n) is 6.45. The van der Waals surface area contributed by atoms with Crippen LogP contribution in [0.25, 0.3) is 11.0 Å². The molecule has 1 aromatic heterocycles. The predicted octanol–water partition coefficient (Wildman–Crippen LogP) is 4.85. The summed E-state index contributed by atoms with van der Waals surface area (Å²) >= 11 is 0. The van der Waals surface area contributed by atoms with Crippen molar-refractivity contribution in [2.24, 2.45) is 17.3 Å². The summed E-state index contributed by atoms with van der Waals surface area (Å²) < 4.78 is 12.4. The quantitative estimate of drug-likeness (QED) is 0.506. The number of fused-ring (bicyclic) bond motifs is 5. The van der Waals surface area contributed by atoms with Crippen molar-refractivity contribution in [2.75, 3.05) is 6.54 Å². The van der Waals surface area contributed by atoms with Crippen molar-refractivity contribution in [2.45, 2.75) is 103 Å². The Bertz CT molecular complexity index is 1240. The number of hydrogen-bond acceptors (Lipinski definition) is 7. The average Bonchev–Trinajstić information content (AvgIpc) is 3.48. The van der Waals surface area contributed by atoms with E-state index in [1.165, 1.54) is 0 Å². The summed E-state index contributed by atoms with van der Waals surface area (Å²) in [4.78, 5) is 50.6. The highest BCUT2D eigenvalue weighted by Crippen LogP contribution is 2.35. The maximum atomic E-state index is 14.0. The Balaban J connectivity index is 1.49.